The largest absolute Gasteiger partial charge is 0.352 e. The molecule has 0 radical (unpaired) electrons. The maximum absolute atomic E-state index is 12.4. The molecule has 22 heavy (non-hydrogen) atoms. The van der Waals surface area contributed by atoms with Gasteiger partial charge in [-0.2, -0.15) is 0 Å². The molecule has 2 N–H and O–H groups in total. The Morgan fingerprint density at radius 1 is 1.27 bits per heavy atom. The number of anilines is 1. The van der Waals surface area contributed by atoms with E-state index < -0.39 is 6.04 Å². The van der Waals surface area contributed by atoms with E-state index in [0.717, 1.165) is 0 Å². The van der Waals surface area contributed by atoms with Crippen LogP contribution in [-0.2, 0) is 4.79 Å². The molecule has 2 rings (SSSR count). The van der Waals surface area contributed by atoms with Crippen LogP contribution >= 0.6 is 23.2 Å². The lowest BCUT2D eigenvalue weighted by Gasteiger charge is -2.38. The first kappa shape index (κ1) is 17.3. The molecule has 0 aromatic carbocycles. The van der Waals surface area contributed by atoms with Crippen LogP contribution in [0.15, 0.2) is 12.3 Å². The summed E-state index contributed by atoms with van der Waals surface area (Å²) in [5.41, 5.74) is 5.82. The van der Waals surface area contributed by atoms with Crippen molar-refractivity contribution in [3.8, 4) is 0 Å². The summed E-state index contributed by atoms with van der Waals surface area (Å²) in [4.78, 5) is 20.6. The molecule has 1 aromatic rings. The molecule has 7 heteroatoms. The van der Waals surface area contributed by atoms with Crippen LogP contribution in [0.3, 0.4) is 0 Å². The molecule has 0 unspecified atom stereocenters. The Kier molecular flexibility index (Phi) is 5.20. The van der Waals surface area contributed by atoms with Gasteiger partial charge in [0.05, 0.1) is 16.1 Å². The summed E-state index contributed by atoms with van der Waals surface area (Å²) in [5, 5.41) is 1.04. The molecule has 0 saturated carbocycles. The fraction of sp³-hybridized carbons (Fsp3) is 0.600. The van der Waals surface area contributed by atoms with Gasteiger partial charge in [0.1, 0.15) is 5.82 Å². The Bertz CT molecular complexity index is 551. The fourth-order valence-electron chi connectivity index (χ4n) is 2.35. The van der Waals surface area contributed by atoms with E-state index in [1.165, 1.54) is 0 Å². The van der Waals surface area contributed by atoms with Crippen LogP contribution in [0.1, 0.15) is 20.8 Å². The van der Waals surface area contributed by atoms with Gasteiger partial charge in [-0.3, -0.25) is 4.79 Å². The number of piperazine rings is 1. The van der Waals surface area contributed by atoms with Crippen molar-refractivity contribution in [1.82, 2.24) is 9.88 Å². The summed E-state index contributed by atoms with van der Waals surface area (Å²) >= 11 is 12.0. The normalized spacial score (nSPS) is 17.5. The summed E-state index contributed by atoms with van der Waals surface area (Å²) in [6.07, 6.45) is 1.58. The van der Waals surface area contributed by atoms with E-state index in [1.807, 2.05) is 25.7 Å². The molecule has 1 saturated heterocycles. The second-order valence-corrected chi connectivity index (χ2v) is 7.46. The number of nitrogens with zero attached hydrogens (tertiary/aromatic N) is 3. The predicted molar refractivity (Wildman–Crippen MR) is 90.5 cm³/mol. The van der Waals surface area contributed by atoms with E-state index in [-0.39, 0.29) is 11.3 Å². The molecule has 1 aliphatic heterocycles. The maximum atomic E-state index is 12.4. The Balaban J connectivity index is 2.00. The predicted octanol–water partition coefficient (Wildman–Crippen LogP) is 2.41. The SMILES string of the molecule is CC(C)(C)[C@H](N)C(=O)N1CCN(c2ncc(Cl)cc2Cl)CC1. The fourth-order valence-corrected chi connectivity index (χ4v) is 2.85. The molecular formula is C15H22Cl2N4O. The average molecular weight is 345 g/mol. The van der Waals surface area contributed by atoms with Gasteiger partial charge in [-0.15, -0.1) is 0 Å². The number of hydrogen-bond acceptors (Lipinski definition) is 4. The van der Waals surface area contributed by atoms with Gasteiger partial charge < -0.3 is 15.5 Å². The van der Waals surface area contributed by atoms with Crippen LogP contribution in [0, 0.1) is 5.41 Å². The number of amides is 1. The number of halogens is 2. The van der Waals surface area contributed by atoms with Gasteiger partial charge in [0.15, 0.2) is 0 Å². The van der Waals surface area contributed by atoms with Gasteiger partial charge in [-0.25, -0.2) is 4.98 Å². The molecule has 0 bridgehead atoms. The van der Waals surface area contributed by atoms with Gasteiger partial charge in [-0.1, -0.05) is 44.0 Å². The smallest absolute Gasteiger partial charge is 0.240 e. The molecular weight excluding hydrogens is 323 g/mol. The van der Waals surface area contributed by atoms with E-state index in [0.29, 0.717) is 42.0 Å². The van der Waals surface area contributed by atoms with E-state index in [2.05, 4.69) is 9.88 Å². The molecule has 122 valence electrons. The highest BCUT2D eigenvalue weighted by Crippen LogP contribution is 2.27. The highest BCUT2D eigenvalue weighted by atomic mass is 35.5. The summed E-state index contributed by atoms with van der Waals surface area (Å²) in [5.74, 6) is 0.709. The van der Waals surface area contributed by atoms with Crippen LogP contribution in [0.25, 0.3) is 0 Å². The van der Waals surface area contributed by atoms with Gasteiger partial charge in [0.2, 0.25) is 5.91 Å². The number of pyridine rings is 1. The van der Waals surface area contributed by atoms with Crippen LogP contribution < -0.4 is 10.6 Å². The van der Waals surface area contributed by atoms with Crippen LogP contribution in [0.4, 0.5) is 5.82 Å². The van der Waals surface area contributed by atoms with Gasteiger partial charge in [-0.05, 0) is 11.5 Å². The first-order valence-electron chi connectivity index (χ1n) is 7.30. The Morgan fingerprint density at radius 3 is 2.36 bits per heavy atom. The Labute approximate surface area is 141 Å². The van der Waals surface area contributed by atoms with Crippen LogP contribution in [0.2, 0.25) is 10.0 Å². The molecule has 1 aromatic heterocycles. The maximum Gasteiger partial charge on any atom is 0.240 e. The van der Waals surface area contributed by atoms with Crippen LogP contribution in [0.5, 0.6) is 0 Å². The zero-order chi connectivity index (χ0) is 16.5. The minimum Gasteiger partial charge on any atom is -0.352 e. The van der Waals surface area contributed by atoms with Crippen molar-refractivity contribution in [3.05, 3.63) is 22.3 Å². The quantitative estimate of drug-likeness (QED) is 0.894. The molecule has 1 fully saturated rings. The number of carbonyl (C=O) groups excluding carboxylic acids is 1. The monoisotopic (exact) mass is 344 g/mol. The van der Waals surface area contributed by atoms with Gasteiger partial charge in [0.25, 0.3) is 0 Å². The third-order valence-electron chi connectivity index (χ3n) is 3.88. The van der Waals surface area contributed by atoms with Crippen molar-refractivity contribution in [2.75, 3.05) is 31.1 Å². The Hall–Kier alpha value is -1.04. The molecule has 0 spiro atoms. The van der Waals surface area contributed by atoms with Crippen LogP contribution in [-0.4, -0.2) is 48.0 Å². The first-order chi connectivity index (χ1) is 10.2. The van der Waals surface area contributed by atoms with E-state index >= 15 is 0 Å². The minimum absolute atomic E-state index is 0.00214. The summed E-state index contributed by atoms with van der Waals surface area (Å²) in [6.45, 7) is 8.51. The lowest BCUT2D eigenvalue weighted by Crippen LogP contribution is -2.56. The van der Waals surface area contributed by atoms with Crippen molar-refractivity contribution in [3.63, 3.8) is 0 Å². The first-order valence-corrected chi connectivity index (χ1v) is 8.06. The van der Waals surface area contributed by atoms with Crippen molar-refractivity contribution >= 4 is 34.9 Å². The number of aromatic nitrogens is 1. The van der Waals surface area contributed by atoms with E-state index in [1.54, 1.807) is 12.3 Å². The lowest BCUT2D eigenvalue weighted by molar-refractivity contribution is -0.135. The third-order valence-corrected chi connectivity index (χ3v) is 4.36. The topological polar surface area (TPSA) is 62.5 Å². The van der Waals surface area contributed by atoms with Crippen molar-refractivity contribution in [2.45, 2.75) is 26.8 Å². The van der Waals surface area contributed by atoms with E-state index in [9.17, 15) is 4.79 Å². The van der Waals surface area contributed by atoms with Gasteiger partial charge in [0, 0.05) is 32.4 Å². The zero-order valence-corrected chi connectivity index (χ0v) is 14.7. The zero-order valence-electron chi connectivity index (χ0n) is 13.1. The highest BCUT2D eigenvalue weighted by molar-refractivity contribution is 6.36. The Morgan fingerprint density at radius 2 is 1.86 bits per heavy atom. The number of rotatable bonds is 2. The number of hydrogen-bond donors (Lipinski definition) is 1. The molecule has 1 aliphatic rings. The van der Waals surface area contributed by atoms with Crippen molar-refractivity contribution in [1.29, 1.82) is 0 Å². The number of carbonyl (C=O) groups is 1. The van der Waals surface area contributed by atoms with Crippen molar-refractivity contribution in [2.24, 2.45) is 11.1 Å². The summed E-state index contributed by atoms with van der Waals surface area (Å²) in [7, 11) is 0. The lowest BCUT2D eigenvalue weighted by atomic mass is 9.86. The molecule has 0 aliphatic carbocycles. The third kappa shape index (κ3) is 3.83. The van der Waals surface area contributed by atoms with Crippen molar-refractivity contribution < 1.29 is 4.79 Å². The van der Waals surface area contributed by atoms with E-state index in [4.69, 9.17) is 28.9 Å². The standard InChI is InChI=1S/C15H22Cl2N4O/c1-15(2,3)12(18)14(22)21-6-4-20(5-7-21)13-11(17)8-10(16)9-19-13/h8-9,12H,4-7,18H2,1-3H3/t12-/m1/s1. The van der Waals surface area contributed by atoms with Gasteiger partial charge >= 0.3 is 0 Å². The summed E-state index contributed by atoms with van der Waals surface area (Å²) in [6, 6.07) is 1.19. The second kappa shape index (κ2) is 6.60. The second-order valence-electron chi connectivity index (χ2n) is 6.61. The minimum atomic E-state index is -0.490. The number of nitrogens with two attached hydrogens (primary N) is 1. The molecule has 1 amide bonds. The molecule has 1 atom stereocenters. The molecule has 5 nitrogen and oxygen atoms in total. The highest BCUT2D eigenvalue weighted by Gasteiger charge is 2.32. The summed E-state index contributed by atoms with van der Waals surface area (Å²) < 4.78 is 0. The average Bonchev–Trinajstić information content (AvgIpc) is 2.45. The molecule has 2 heterocycles.